The summed E-state index contributed by atoms with van der Waals surface area (Å²) in [6, 6.07) is 6.95. The number of aromatic nitrogens is 1. The maximum absolute atomic E-state index is 12.9. The second-order valence-corrected chi connectivity index (χ2v) is 7.35. The molecule has 0 saturated heterocycles. The molecule has 1 aromatic heterocycles. The van der Waals surface area contributed by atoms with Gasteiger partial charge in [0.25, 0.3) is 0 Å². The zero-order valence-corrected chi connectivity index (χ0v) is 16.3. The number of ether oxygens (including phenoxy) is 2. The number of carbonyl (C=O) groups is 2. The third-order valence-electron chi connectivity index (χ3n) is 3.70. The maximum Gasteiger partial charge on any atom is 0.419 e. The first-order chi connectivity index (χ1) is 12.2. The largest absolute Gasteiger partial charge is 0.465 e. The van der Waals surface area contributed by atoms with Crippen molar-refractivity contribution in [1.82, 2.24) is 4.57 Å². The van der Waals surface area contributed by atoms with Crippen molar-refractivity contribution in [2.24, 2.45) is 0 Å². The van der Waals surface area contributed by atoms with Gasteiger partial charge < -0.3 is 9.47 Å². The second kappa shape index (κ2) is 7.96. The molecule has 26 heavy (non-hydrogen) atoms. The number of nitrogens with zero attached hydrogens (tertiary/aromatic N) is 1. The summed E-state index contributed by atoms with van der Waals surface area (Å²) in [7, 11) is 0. The fourth-order valence-electron chi connectivity index (χ4n) is 2.72. The summed E-state index contributed by atoms with van der Waals surface area (Å²) in [5, 5.41) is 1.29. The minimum atomic E-state index is -0.671. The van der Waals surface area contributed by atoms with Gasteiger partial charge in [0, 0.05) is 16.1 Å². The van der Waals surface area contributed by atoms with Crippen LogP contribution in [0.5, 0.6) is 0 Å². The van der Waals surface area contributed by atoms with Gasteiger partial charge in [0.1, 0.15) is 11.5 Å². The van der Waals surface area contributed by atoms with Crippen LogP contribution < -0.4 is 0 Å². The molecule has 1 unspecified atom stereocenters. The molecule has 1 heterocycles. The minimum Gasteiger partial charge on any atom is -0.465 e. The van der Waals surface area contributed by atoms with E-state index in [4.69, 9.17) is 21.1 Å². The van der Waals surface area contributed by atoms with Crippen LogP contribution in [-0.4, -0.2) is 28.8 Å². The highest BCUT2D eigenvalue weighted by Gasteiger charge is 2.30. The van der Waals surface area contributed by atoms with Crippen LogP contribution in [0.1, 0.15) is 45.7 Å². The molecule has 0 N–H and O–H groups in total. The molecule has 1 aromatic carbocycles. The van der Waals surface area contributed by atoms with Gasteiger partial charge in [-0.25, -0.2) is 9.36 Å². The average molecular weight is 378 g/mol. The van der Waals surface area contributed by atoms with Gasteiger partial charge in [0.05, 0.1) is 12.1 Å². The van der Waals surface area contributed by atoms with Gasteiger partial charge in [-0.2, -0.15) is 0 Å². The molecule has 0 fully saturated rings. The van der Waals surface area contributed by atoms with Crippen molar-refractivity contribution in [1.29, 1.82) is 0 Å². The van der Waals surface area contributed by atoms with Crippen LogP contribution in [0, 0.1) is 0 Å². The lowest BCUT2D eigenvalue weighted by molar-refractivity contribution is -0.145. The van der Waals surface area contributed by atoms with Crippen molar-refractivity contribution in [3.05, 3.63) is 47.6 Å². The number of hydrogen-bond acceptors (Lipinski definition) is 4. The lowest BCUT2D eigenvalue weighted by atomic mass is 10.0. The Balaban J connectivity index is 2.66. The van der Waals surface area contributed by atoms with Crippen molar-refractivity contribution in [3.8, 4) is 0 Å². The summed E-state index contributed by atoms with van der Waals surface area (Å²) >= 11 is 6.09. The third kappa shape index (κ3) is 4.47. The molecule has 5 nitrogen and oxygen atoms in total. The first kappa shape index (κ1) is 20.0. The lowest BCUT2D eigenvalue weighted by Gasteiger charge is -2.22. The molecule has 2 aromatic rings. The number of hydrogen-bond donors (Lipinski definition) is 0. The van der Waals surface area contributed by atoms with E-state index in [0.29, 0.717) is 22.7 Å². The summed E-state index contributed by atoms with van der Waals surface area (Å²) in [6.45, 7) is 11.1. The number of rotatable bonds is 5. The topological polar surface area (TPSA) is 57.5 Å². The molecule has 1 atom stereocenters. The maximum atomic E-state index is 12.9. The predicted octanol–water partition coefficient (Wildman–Crippen LogP) is 5.30. The van der Waals surface area contributed by atoms with E-state index in [0.717, 1.165) is 5.39 Å². The molecule has 0 radical (unpaired) electrons. The van der Waals surface area contributed by atoms with Gasteiger partial charge in [-0.05, 0) is 58.4 Å². The molecular weight excluding hydrogens is 354 g/mol. The molecule has 0 aliphatic heterocycles. The normalized spacial score (nSPS) is 12.7. The molecule has 0 saturated carbocycles. The van der Waals surface area contributed by atoms with E-state index in [1.165, 1.54) is 4.57 Å². The molecular formula is C20H24ClNO4. The number of esters is 1. The van der Waals surface area contributed by atoms with E-state index in [1.807, 2.05) is 0 Å². The van der Waals surface area contributed by atoms with Crippen molar-refractivity contribution in [2.45, 2.75) is 45.6 Å². The first-order valence-corrected chi connectivity index (χ1v) is 8.87. The summed E-state index contributed by atoms with van der Waals surface area (Å²) in [5.74, 6) is -1.07. The summed E-state index contributed by atoms with van der Waals surface area (Å²) in [4.78, 5) is 25.3. The van der Waals surface area contributed by atoms with Gasteiger partial charge in [0.15, 0.2) is 0 Å². The Bertz CT molecular complexity index is 832. The van der Waals surface area contributed by atoms with E-state index in [2.05, 4.69) is 6.58 Å². The monoisotopic (exact) mass is 377 g/mol. The zero-order valence-electron chi connectivity index (χ0n) is 15.5. The molecule has 2 rings (SSSR count). The van der Waals surface area contributed by atoms with E-state index in [-0.39, 0.29) is 6.61 Å². The fourth-order valence-corrected chi connectivity index (χ4v) is 2.90. The van der Waals surface area contributed by atoms with E-state index in [1.54, 1.807) is 58.0 Å². The standard InChI is InChI=1S/C20H24ClNO4/c1-6-8-15(18(23)25-7-2)17-12-13-11-14(21)9-10-16(13)22(17)19(24)26-20(3,4)5/h6,9-12,15H,1,7-8H2,2-5H3. The van der Waals surface area contributed by atoms with Gasteiger partial charge in [0.2, 0.25) is 0 Å². The van der Waals surface area contributed by atoms with Crippen molar-refractivity contribution >= 4 is 34.6 Å². The van der Waals surface area contributed by atoms with E-state index in [9.17, 15) is 9.59 Å². The van der Waals surface area contributed by atoms with Crippen molar-refractivity contribution in [2.75, 3.05) is 6.61 Å². The van der Waals surface area contributed by atoms with E-state index < -0.39 is 23.6 Å². The summed E-state index contributed by atoms with van der Waals surface area (Å²) < 4.78 is 12.1. The number of allylic oxidation sites excluding steroid dienone is 1. The minimum absolute atomic E-state index is 0.255. The van der Waals surface area contributed by atoms with Crippen LogP contribution >= 0.6 is 11.6 Å². The second-order valence-electron chi connectivity index (χ2n) is 6.92. The Hall–Kier alpha value is -2.27. The van der Waals surface area contributed by atoms with Gasteiger partial charge >= 0.3 is 12.1 Å². The Kier molecular flexibility index (Phi) is 6.13. The van der Waals surface area contributed by atoms with Gasteiger partial charge in [-0.3, -0.25) is 4.79 Å². The number of fused-ring (bicyclic) bond motifs is 1. The van der Waals surface area contributed by atoms with Gasteiger partial charge in [-0.1, -0.05) is 17.7 Å². The molecule has 0 aliphatic carbocycles. The Labute approximate surface area is 158 Å². The lowest BCUT2D eigenvalue weighted by Crippen LogP contribution is -2.29. The van der Waals surface area contributed by atoms with Crippen molar-refractivity contribution < 1.29 is 19.1 Å². The molecule has 6 heteroatoms. The highest BCUT2D eigenvalue weighted by atomic mass is 35.5. The average Bonchev–Trinajstić information content (AvgIpc) is 2.89. The predicted molar refractivity (Wildman–Crippen MR) is 103 cm³/mol. The number of benzene rings is 1. The van der Waals surface area contributed by atoms with Crippen LogP contribution in [0.2, 0.25) is 5.02 Å². The van der Waals surface area contributed by atoms with Crippen LogP contribution in [0.25, 0.3) is 10.9 Å². The van der Waals surface area contributed by atoms with Crippen LogP contribution in [0.3, 0.4) is 0 Å². The smallest absolute Gasteiger partial charge is 0.419 e. The van der Waals surface area contributed by atoms with Crippen LogP contribution in [-0.2, 0) is 14.3 Å². The van der Waals surface area contributed by atoms with Crippen LogP contribution in [0.15, 0.2) is 36.9 Å². The number of carbonyl (C=O) groups excluding carboxylic acids is 2. The SMILES string of the molecule is C=CCC(C(=O)OCC)c1cc2cc(Cl)ccc2n1C(=O)OC(C)(C)C. The molecule has 0 amide bonds. The molecule has 0 aliphatic rings. The van der Waals surface area contributed by atoms with Crippen LogP contribution in [0.4, 0.5) is 4.79 Å². The first-order valence-electron chi connectivity index (χ1n) is 8.49. The molecule has 0 spiro atoms. The zero-order chi connectivity index (χ0) is 19.5. The Morgan fingerprint density at radius 1 is 1.31 bits per heavy atom. The van der Waals surface area contributed by atoms with Crippen molar-refractivity contribution in [3.63, 3.8) is 0 Å². The number of halogens is 1. The fraction of sp³-hybridized carbons (Fsp3) is 0.400. The quantitative estimate of drug-likeness (QED) is 0.524. The highest BCUT2D eigenvalue weighted by Crippen LogP contribution is 2.31. The molecule has 140 valence electrons. The highest BCUT2D eigenvalue weighted by molar-refractivity contribution is 6.31. The summed E-state index contributed by atoms with van der Waals surface area (Å²) in [6.07, 6.45) is 1.42. The summed E-state index contributed by atoms with van der Waals surface area (Å²) in [5.41, 5.74) is 0.446. The van der Waals surface area contributed by atoms with Gasteiger partial charge in [-0.15, -0.1) is 6.58 Å². The Morgan fingerprint density at radius 3 is 2.58 bits per heavy atom. The Morgan fingerprint density at radius 2 is 2.00 bits per heavy atom. The van der Waals surface area contributed by atoms with E-state index >= 15 is 0 Å². The molecule has 0 bridgehead atoms. The third-order valence-corrected chi connectivity index (χ3v) is 3.93.